The van der Waals surface area contributed by atoms with Crippen LogP contribution in [0.2, 0.25) is 0 Å². The molecular weight excluding hydrogens is 684 g/mol. The zero-order valence-corrected chi connectivity index (χ0v) is 32.3. The number of carbonyl (C=O) groups is 4. The Bertz CT molecular complexity index is 1540. The van der Waals surface area contributed by atoms with Gasteiger partial charge < -0.3 is 31.9 Å². The Labute approximate surface area is 301 Å². The minimum Gasteiger partial charge on any atom is -0.399 e. The van der Waals surface area contributed by atoms with E-state index in [0.29, 0.717) is 12.1 Å². The third kappa shape index (κ3) is 10.7. The highest BCUT2D eigenvalue weighted by Crippen LogP contribution is 2.65. The number of sulfonamides is 1. The molecule has 1 saturated carbocycles. The molecule has 5 amide bonds. The largest absolute Gasteiger partial charge is 0.399 e. The van der Waals surface area contributed by atoms with E-state index in [1.54, 1.807) is 45.0 Å². The quantitative estimate of drug-likeness (QED) is 0.182. The maximum absolute atomic E-state index is 14.3. The first-order valence-electron chi connectivity index (χ1n) is 17.2. The van der Waals surface area contributed by atoms with Crippen molar-refractivity contribution < 1.29 is 36.4 Å². The number of rotatable bonds is 14. The normalized spacial score (nSPS) is 21.8. The molecule has 1 aliphatic carbocycles. The van der Waals surface area contributed by atoms with Crippen LogP contribution in [-0.2, 0) is 30.8 Å². The Kier molecular flexibility index (Phi) is 12.8. The van der Waals surface area contributed by atoms with Gasteiger partial charge in [0.2, 0.25) is 34.2 Å². The van der Waals surface area contributed by atoms with Gasteiger partial charge in [0, 0.05) is 44.8 Å². The molecule has 0 aromatic heterocycles. The van der Waals surface area contributed by atoms with E-state index in [2.05, 4.69) is 21.3 Å². The van der Waals surface area contributed by atoms with Crippen molar-refractivity contribution in [1.82, 2.24) is 30.5 Å². The fraction of sp³-hybridized carbons (Fsp3) is 0.714. The van der Waals surface area contributed by atoms with Crippen molar-refractivity contribution in [1.29, 1.82) is 0 Å². The molecule has 6 atom stereocenters. The summed E-state index contributed by atoms with van der Waals surface area (Å²) in [5.74, 6) is -2.34. The SMILES string of the molecule is CN(C[C@@H](NC(=O)N[C@H](C(=O)N1C[C@H]2[C@@H]([C@H]1C(=O)N[C@@H](CC(F)F)C(=O)NCCc1ccc(N)cc1)C2(C)C)C(C)(C)C)C(C)(C)C)S(C)(=O)=O. The predicted octanol–water partition coefficient (Wildman–Crippen LogP) is 2.57. The Morgan fingerprint density at radius 1 is 1.00 bits per heavy atom. The van der Waals surface area contributed by atoms with Crippen LogP contribution in [0.3, 0.4) is 0 Å². The average molecular weight is 742 g/mol. The van der Waals surface area contributed by atoms with Crippen LogP contribution in [0.15, 0.2) is 24.3 Å². The number of nitrogen functional groups attached to an aromatic ring is 1. The molecule has 2 aliphatic rings. The lowest BCUT2D eigenvalue weighted by molar-refractivity contribution is -0.144. The number of halogens is 2. The number of hydrogen-bond acceptors (Lipinski definition) is 7. The van der Waals surface area contributed by atoms with Gasteiger partial charge in [0.25, 0.3) is 0 Å². The second kappa shape index (κ2) is 15.6. The van der Waals surface area contributed by atoms with Crippen LogP contribution in [0.1, 0.15) is 67.4 Å². The summed E-state index contributed by atoms with van der Waals surface area (Å²) in [6.45, 7) is 15.1. The lowest BCUT2D eigenvalue weighted by atomic mass is 9.85. The smallest absolute Gasteiger partial charge is 0.315 e. The summed E-state index contributed by atoms with van der Waals surface area (Å²) in [6, 6.07) is 1.99. The third-order valence-electron chi connectivity index (χ3n) is 10.2. The fourth-order valence-electron chi connectivity index (χ4n) is 6.69. The molecule has 1 saturated heterocycles. The molecule has 0 bridgehead atoms. The molecule has 1 heterocycles. The van der Waals surface area contributed by atoms with E-state index < -0.39 is 81.6 Å². The van der Waals surface area contributed by atoms with Gasteiger partial charge in [0.05, 0.1) is 6.26 Å². The highest BCUT2D eigenvalue weighted by atomic mass is 32.2. The molecule has 0 spiro atoms. The number of urea groups is 1. The van der Waals surface area contributed by atoms with Crippen LogP contribution < -0.4 is 27.0 Å². The third-order valence-corrected chi connectivity index (χ3v) is 11.5. The number of likely N-dealkylation sites (N-methyl/N-ethyl adjacent to an activating group) is 1. The van der Waals surface area contributed by atoms with Gasteiger partial charge in [-0.15, -0.1) is 0 Å². The number of alkyl halides is 2. The Balaban J connectivity index is 1.79. The van der Waals surface area contributed by atoms with Gasteiger partial charge >= 0.3 is 6.03 Å². The summed E-state index contributed by atoms with van der Waals surface area (Å²) in [7, 11) is -2.12. The Morgan fingerprint density at radius 3 is 2.10 bits per heavy atom. The van der Waals surface area contributed by atoms with Crippen molar-refractivity contribution >= 4 is 39.5 Å². The monoisotopic (exact) mass is 741 g/mol. The van der Waals surface area contributed by atoms with E-state index in [-0.39, 0.29) is 36.9 Å². The molecule has 1 aromatic rings. The molecule has 2 fully saturated rings. The van der Waals surface area contributed by atoms with Crippen molar-refractivity contribution in [2.75, 3.05) is 38.7 Å². The van der Waals surface area contributed by atoms with Crippen LogP contribution >= 0.6 is 0 Å². The lowest BCUT2D eigenvalue weighted by Crippen LogP contribution is -2.62. The predicted molar refractivity (Wildman–Crippen MR) is 192 cm³/mol. The second-order valence-corrected chi connectivity index (χ2v) is 18.8. The number of nitrogens with zero attached hydrogens (tertiary/aromatic N) is 2. The summed E-state index contributed by atoms with van der Waals surface area (Å²) in [5.41, 5.74) is 5.48. The van der Waals surface area contributed by atoms with Gasteiger partial charge in [-0.2, -0.15) is 0 Å². The van der Waals surface area contributed by atoms with Gasteiger partial charge in [0.15, 0.2) is 0 Å². The summed E-state index contributed by atoms with van der Waals surface area (Å²) >= 11 is 0. The first-order valence-corrected chi connectivity index (χ1v) is 19.1. The van der Waals surface area contributed by atoms with E-state index in [0.717, 1.165) is 16.1 Å². The number of amides is 5. The highest BCUT2D eigenvalue weighted by Gasteiger charge is 2.70. The standard InChI is InChI=1S/C35H57F2N7O6S/c1-33(2,3)24(19-43(9)51(10,49)50)41-32(48)42-28(34(4,5)6)31(47)44-18-22-26(35(22,7)8)27(44)30(46)40-23(17-25(36)37)29(45)39-16-15-20-11-13-21(38)14-12-20/h11-14,22-28H,15-19,38H2,1-10H3,(H,39,45)(H,40,46)(H2,41,42,48)/t22-,23-,24+,26-,27-,28+/m0/s1. The van der Waals surface area contributed by atoms with Crippen LogP contribution in [0, 0.1) is 28.1 Å². The summed E-state index contributed by atoms with van der Waals surface area (Å²) in [5, 5.41) is 10.8. The van der Waals surface area contributed by atoms with Gasteiger partial charge in [-0.3, -0.25) is 14.4 Å². The van der Waals surface area contributed by atoms with Crippen molar-refractivity contribution in [3.63, 3.8) is 0 Å². The number of hydrogen-bond donors (Lipinski definition) is 5. The summed E-state index contributed by atoms with van der Waals surface area (Å²) in [6.07, 6.45) is -2.30. The molecule has 16 heteroatoms. The summed E-state index contributed by atoms with van der Waals surface area (Å²) in [4.78, 5) is 56.2. The van der Waals surface area contributed by atoms with E-state index in [1.807, 2.05) is 34.6 Å². The number of nitrogens with one attached hydrogen (secondary N) is 4. The van der Waals surface area contributed by atoms with Crippen molar-refractivity contribution in [2.45, 2.75) is 98.8 Å². The van der Waals surface area contributed by atoms with E-state index >= 15 is 0 Å². The zero-order chi connectivity index (χ0) is 38.9. The van der Waals surface area contributed by atoms with Crippen LogP contribution in [0.4, 0.5) is 19.3 Å². The van der Waals surface area contributed by atoms with E-state index in [4.69, 9.17) is 5.73 Å². The molecule has 13 nitrogen and oxygen atoms in total. The van der Waals surface area contributed by atoms with Gasteiger partial charge in [-0.1, -0.05) is 67.5 Å². The van der Waals surface area contributed by atoms with Gasteiger partial charge in [-0.05, 0) is 52.2 Å². The highest BCUT2D eigenvalue weighted by molar-refractivity contribution is 7.88. The maximum atomic E-state index is 14.3. The number of fused-ring (bicyclic) bond motifs is 1. The van der Waals surface area contributed by atoms with E-state index in [9.17, 15) is 36.4 Å². The first-order chi connectivity index (χ1) is 23.2. The van der Waals surface area contributed by atoms with E-state index in [1.165, 1.54) is 11.9 Å². The molecule has 6 N–H and O–H groups in total. The van der Waals surface area contributed by atoms with Gasteiger partial charge in [-0.25, -0.2) is 26.3 Å². The minimum atomic E-state index is -3.54. The lowest BCUT2D eigenvalue weighted by Gasteiger charge is -2.39. The Hall–Kier alpha value is -3.53. The number of anilines is 1. The number of likely N-dealkylation sites (tertiary alicyclic amines) is 1. The van der Waals surface area contributed by atoms with Crippen molar-refractivity contribution in [3.05, 3.63) is 29.8 Å². The topological polar surface area (TPSA) is 183 Å². The molecule has 1 aromatic carbocycles. The van der Waals surface area contributed by atoms with Crippen LogP contribution in [-0.4, -0.2) is 105 Å². The number of nitrogens with two attached hydrogens (primary N) is 1. The molecule has 288 valence electrons. The first kappa shape index (κ1) is 41.9. The molecule has 3 rings (SSSR count). The number of carbonyl (C=O) groups excluding carboxylic acids is 4. The zero-order valence-electron chi connectivity index (χ0n) is 31.5. The fourth-order valence-corrected chi connectivity index (χ4v) is 7.11. The van der Waals surface area contributed by atoms with Gasteiger partial charge in [0.1, 0.15) is 18.1 Å². The van der Waals surface area contributed by atoms with Crippen LogP contribution in [0.25, 0.3) is 0 Å². The van der Waals surface area contributed by atoms with Crippen molar-refractivity contribution in [2.24, 2.45) is 28.1 Å². The molecular formula is C35H57F2N7O6S. The maximum Gasteiger partial charge on any atom is 0.315 e. The Morgan fingerprint density at radius 2 is 1.59 bits per heavy atom. The molecule has 51 heavy (non-hydrogen) atoms. The number of benzene rings is 1. The molecule has 0 unspecified atom stereocenters. The summed E-state index contributed by atoms with van der Waals surface area (Å²) < 4.78 is 52.7. The number of piperidine rings is 1. The second-order valence-electron chi connectivity index (χ2n) is 16.7. The minimum absolute atomic E-state index is 0.00849. The average Bonchev–Trinajstić information content (AvgIpc) is 3.30. The molecule has 1 aliphatic heterocycles. The van der Waals surface area contributed by atoms with Crippen molar-refractivity contribution in [3.8, 4) is 0 Å². The molecule has 0 radical (unpaired) electrons. The van der Waals surface area contributed by atoms with Crippen LogP contribution in [0.5, 0.6) is 0 Å².